The predicted molar refractivity (Wildman–Crippen MR) is 88.6 cm³/mol. The highest BCUT2D eigenvalue weighted by Gasteiger charge is 2.41. The van der Waals surface area contributed by atoms with E-state index >= 15 is 0 Å². The molecular formula is C12H22Cl3N5O. The van der Waals surface area contributed by atoms with Gasteiger partial charge in [-0.05, 0) is 12.8 Å². The van der Waals surface area contributed by atoms with Crippen LogP contribution in [-0.4, -0.2) is 47.0 Å². The number of likely N-dealkylation sites (tertiary alicyclic amines) is 1. The van der Waals surface area contributed by atoms with Crippen molar-refractivity contribution in [2.45, 2.75) is 24.8 Å². The van der Waals surface area contributed by atoms with E-state index in [2.05, 4.69) is 15.3 Å². The number of rotatable bonds is 1. The number of H-pyrrole nitrogens is 1. The highest BCUT2D eigenvalue weighted by Crippen LogP contribution is 2.35. The fourth-order valence-electron chi connectivity index (χ4n) is 3.12. The molecule has 0 aliphatic carbocycles. The van der Waals surface area contributed by atoms with Gasteiger partial charge in [-0.25, -0.2) is 4.98 Å². The zero-order chi connectivity index (χ0) is 12.6. The van der Waals surface area contributed by atoms with Gasteiger partial charge in [-0.15, -0.1) is 37.2 Å². The van der Waals surface area contributed by atoms with Gasteiger partial charge in [0.1, 0.15) is 0 Å². The summed E-state index contributed by atoms with van der Waals surface area (Å²) in [6.45, 7) is 2.60. The maximum absolute atomic E-state index is 11.6. The van der Waals surface area contributed by atoms with Crippen LogP contribution in [0.1, 0.15) is 24.2 Å². The second-order valence-corrected chi connectivity index (χ2v) is 5.07. The number of aromatic nitrogens is 2. The number of carbonyl (C=O) groups excluding carboxylic acids is 1. The van der Waals surface area contributed by atoms with Crippen LogP contribution in [-0.2, 0) is 16.8 Å². The van der Waals surface area contributed by atoms with Gasteiger partial charge in [0.25, 0.3) is 0 Å². The molecular weight excluding hydrogens is 337 g/mol. The maximum Gasteiger partial charge on any atom is 0.236 e. The van der Waals surface area contributed by atoms with E-state index in [-0.39, 0.29) is 55.2 Å². The third-order valence-electron chi connectivity index (χ3n) is 4.15. The summed E-state index contributed by atoms with van der Waals surface area (Å²) in [6.07, 6.45) is 4.60. The minimum absolute atomic E-state index is 0. The molecule has 1 aromatic heterocycles. The lowest BCUT2D eigenvalue weighted by molar-refractivity contribution is -0.131. The van der Waals surface area contributed by atoms with Crippen LogP contribution >= 0.6 is 37.2 Å². The van der Waals surface area contributed by atoms with Crippen molar-refractivity contribution in [1.29, 1.82) is 0 Å². The first-order valence-corrected chi connectivity index (χ1v) is 6.51. The van der Waals surface area contributed by atoms with Crippen molar-refractivity contribution in [2.75, 3.05) is 26.2 Å². The van der Waals surface area contributed by atoms with Crippen molar-refractivity contribution < 1.29 is 4.79 Å². The number of piperidine rings is 1. The molecule has 6 nitrogen and oxygen atoms in total. The molecule has 0 radical (unpaired) electrons. The molecule has 0 unspecified atom stereocenters. The van der Waals surface area contributed by atoms with Gasteiger partial charge in [-0.3, -0.25) is 4.79 Å². The largest absolute Gasteiger partial charge is 0.348 e. The monoisotopic (exact) mass is 357 g/mol. The van der Waals surface area contributed by atoms with E-state index in [1.165, 1.54) is 5.69 Å². The first-order valence-electron chi connectivity index (χ1n) is 6.51. The number of aromatic amines is 1. The molecule has 4 N–H and O–H groups in total. The second-order valence-electron chi connectivity index (χ2n) is 5.07. The molecule has 2 aliphatic rings. The number of hydrogen-bond acceptors (Lipinski definition) is 4. The van der Waals surface area contributed by atoms with E-state index in [1.807, 2.05) is 4.90 Å². The molecule has 1 aromatic rings. The molecule has 1 saturated heterocycles. The first kappa shape index (κ1) is 20.5. The van der Waals surface area contributed by atoms with E-state index in [0.29, 0.717) is 0 Å². The van der Waals surface area contributed by atoms with Crippen LogP contribution in [0, 0.1) is 0 Å². The van der Waals surface area contributed by atoms with E-state index in [4.69, 9.17) is 5.73 Å². The summed E-state index contributed by atoms with van der Waals surface area (Å²) in [5, 5.41) is 3.60. The Morgan fingerprint density at radius 3 is 2.62 bits per heavy atom. The van der Waals surface area contributed by atoms with Crippen LogP contribution in [0.5, 0.6) is 0 Å². The average Bonchev–Trinajstić information content (AvgIpc) is 2.89. The van der Waals surface area contributed by atoms with E-state index in [9.17, 15) is 4.79 Å². The number of imidazole rings is 1. The Hall–Kier alpha value is -0.530. The zero-order valence-corrected chi connectivity index (χ0v) is 14.1. The van der Waals surface area contributed by atoms with Crippen molar-refractivity contribution in [3.8, 4) is 0 Å². The smallest absolute Gasteiger partial charge is 0.236 e. The van der Waals surface area contributed by atoms with Crippen molar-refractivity contribution in [3.63, 3.8) is 0 Å². The lowest BCUT2D eigenvalue weighted by Crippen LogP contribution is -2.55. The zero-order valence-electron chi connectivity index (χ0n) is 11.6. The summed E-state index contributed by atoms with van der Waals surface area (Å²) in [6, 6.07) is 0. The fraction of sp³-hybridized carbons (Fsp3) is 0.667. The highest BCUT2D eigenvalue weighted by molar-refractivity contribution is 5.86. The molecule has 0 atom stereocenters. The quantitative estimate of drug-likeness (QED) is 0.686. The van der Waals surface area contributed by atoms with E-state index in [1.54, 1.807) is 6.33 Å². The Morgan fingerprint density at radius 2 is 2.00 bits per heavy atom. The van der Waals surface area contributed by atoms with Crippen molar-refractivity contribution in [1.82, 2.24) is 20.2 Å². The van der Waals surface area contributed by atoms with E-state index < -0.39 is 0 Å². The maximum atomic E-state index is 11.6. The van der Waals surface area contributed by atoms with Gasteiger partial charge in [-0.2, -0.15) is 0 Å². The Kier molecular flexibility index (Phi) is 7.99. The molecule has 1 spiro atoms. The van der Waals surface area contributed by atoms with Gasteiger partial charge in [0.2, 0.25) is 5.91 Å². The third-order valence-corrected chi connectivity index (χ3v) is 4.15. The van der Waals surface area contributed by atoms with Crippen molar-refractivity contribution in [2.24, 2.45) is 5.73 Å². The minimum atomic E-state index is -0.0427. The van der Waals surface area contributed by atoms with Crippen LogP contribution in [0.3, 0.4) is 0 Å². The summed E-state index contributed by atoms with van der Waals surface area (Å²) >= 11 is 0. The molecule has 3 rings (SSSR count). The van der Waals surface area contributed by atoms with Gasteiger partial charge < -0.3 is 20.9 Å². The Balaban J connectivity index is 0.00000133. The topological polar surface area (TPSA) is 87.0 Å². The number of hydrogen-bond donors (Lipinski definition) is 3. The normalized spacial score (nSPS) is 18.8. The van der Waals surface area contributed by atoms with Gasteiger partial charge in [0, 0.05) is 31.7 Å². The summed E-state index contributed by atoms with van der Waals surface area (Å²) in [5.41, 5.74) is 7.76. The number of nitrogens with one attached hydrogen (secondary N) is 2. The van der Waals surface area contributed by atoms with Gasteiger partial charge >= 0.3 is 0 Å². The van der Waals surface area contributed by atoms with Gasteiger partial charge in [0.15, 0.2) is 0 Å². The summed E-state index contributed by atoms with van der Waals surface area (Å²) in [4.78, 5) is 21.1. The molecule has 9 heteroatoms. The lowest BCUT2D eigenvalue weighted by atomic mass is 9.80. The van der Waals surface area contributed by atoms with Crippen LogP contribution < -0.4 is 11.1 Å². The summed E-state index contributed by atoms with van der Waals surface area (Å²) < 4.78 is 0. The molecule has 3 heterocycles. The van der Waals surface area contributed by atoms with Gasteiger partial charge in [-0.1, -0.05) is 0 Å². The molecule has 0 saturated carbocycles. The number of carbonyl (C=O) groups is 1. The highest BCUT2D eigenvalue weighted by atomic mass is 35.5. The molecule has 1 amide bonds. The summed E-state index contributed by atoms with van der Waals surface area (Å²) in [5.74, 6) is 0.0444. The number of amides is 1. The average molecular weight is 359 g/mol. The minimum Gasteiger partial charge on any atom is -0.348 e. The van der Waals surface area contributed by atoms with Crippen LogP contribution in [0.2, 0.25) is 0 Å². The number of halogens is 3. The van der Waals surface area contributed by atoms with Crippen LogP contribution in [0.25, 0.3) is 0 Å². The number of fused-ring (bicyclic) bond motifs is 2. The predicted octanol–water partition coefficient (Wildman–Crippen LogP) is 0.597. The molecule has 0 aromatic carbocycles. The van der Waals surface area contributed by atoms with Crippen molar-refractivity contribution in [3.05, 3.63) is 17.7 Å². The lowest BCUT2D eigenvalue weighted by Gasteiger charge is -2.44. The van der Waals surface area contributed by atoms with Gasteiger partial charge in [0.05, 0.1) is 24.1 Å². The Labute approximate surface area is 142 Å². The first-order chi connectivity index (χ1) is 8.75. The molecule has 1 fully saturated rings. The van der Waals surface area contributed by atoms with Crippen LogP contribution in [0.15, 0.2) is 6.33 Å². The molecule has 21 heavy (non-hydrogen) atoms. The third kappa shape index (κ3) is 3.63. The summed E-state index contributed by atoms with van der Waals surface area (Å²) in [7, 11) is 0. The Bertz CT molecular complexity index is 460. The number of nitrogens with two attached hydrogens (primary N) is 1. The molecule has 0 bridgehead atoms. The number of nitrogens with zero attached hydrogens (tertiary/aromatic N) is 2. The Morgan fingerprint density at radius 1 is 1.33 bits per heavy atom. The fourth-order valence-corrected chi connectivity index (χ4v) is 3.12. The molecule has 2 aliphatic heterocycles. The SMILES string of the molecule is Cl.Cl.Cl.NCC(=O)N1CCC2(CC1)NCCc1[nH]cnc12. The van der Waals surface area contributed by atoms with E-state index in [0.717, 1.165) is 44.6 Å². The standard InChI is InChI=1S/C12H19N5O.3ClH/c13-7-10(18)17-5-2-12(3-6-17)11-9(1-4-16-12)14-8-15-11;;;/h8,16H,1-7,13H2,(H,14,15);3*1H. The second kappa shape index (κ2) is 8.19. The van der Waals surface area contributed by atoms with Crippen molar-refractivity contribution >= 4 is 43.1 Å². The van der Waals surface area contributed by atoms with Crippen LogP contribution in [0.4, 0.5) is 0 Å². The molecule has 122 valence electrons.